The van der Waals surface area contributed by atoms with E-state index in [1.165, 1.54) is 25.7 Å². The van der Waals surface area contributed by atoms with Gasteiger partial charge in [-0.15, -0.1) is 0 Å². The monoisotopic (exact) mass is 279 g/mol. The lowest BCUT2D eigenvalue weighted by Gasteiger charge is -2.10. The molecular formula is C17H27O3. The summed E-state index contributed by atoms with van der Waals surface area (Å²) in [7, 11) is 3.32. The van der Waals surface area contributed by atoms with Gasteiger partial charge >= 0.3 is 0 Å². The normalized spacial score (nSPS) is 10.9. The minimum absolute atomic E-state index is 0.737. The Morgan fingerprint density at radius 1 is 0.800 bits per heavy atom. The Labute approximate surface area is 123 Å². The number of rotatable bonds is 12. The number of methoxy groups -OCH3 is 2. The van der Waals surface area contributed by atoms with Gasteiger partial charge < -0.3 is 14.2 Å². The van der Waals surface area contributed by atoms with Crippen LogP contribution in [0.3, 0.4) is 0 Å². The Morgan fingerprint density at radius 2 is 1.40 bits per heavy atom. The lowest BCUT2D eigenvalue weighted by molar-refractivity contribution is -0.00387. The molecule has 0 aliphatic carbocycles. The van der Waals surface area contributed by atoms with Crippen molar-refractivity contribution in [3.05, 3.63) is 36.6 Å². The average Bonchev–Trinajstić information content (AvgIpc) is 2.50. The average molecular weight is 279 g/mol. The van der Waals surface area contributed by atoms with Gasteiger partial charge in [-0.25, -0.2) is 0 Å². The van der Waals surface area contributed by atoms with Gasteiger partial charge in [-0.2, -0.15) is 0 Å². The van der Waals surface area contributed by atoms with Crippen LogP contribution in [0.25, 0.3) is 0 Å². The molecule has 0 fully saturated rings. The van der Waals surface area contributed by atoms with Crippen molar-refractivity contribution in [2.75, 3.05) is 20.8 Å². The third kappa shape index (κ3) is 8.18. The molecule has 3 nitrogen and oxygen atoms in total. The second-order valence-corrected chi connectivity index (χ2v) is 4.81. The fourth-order valence-corrected chi connectivity index (χ4v) is 2.07. The van der Waals surface area contributed by atoms with Crippen molar-refractivity contribution >= 4 is 0 Å². The molecule has 1 radical (unpaired) electrons. The van der Waals surface area contributed by atoms with Crippen molar-refractivity contribution in [2.24, 2.45) is 0 Å². The van der Waals surface area contributed by atoms with E-state index in [0.29, 0.717) is 0 Å². The van der Waals surface area contributed by atoms with Crippen molar-refractivity contribution in [2.45, 2.75) is 44.9 Å². The van der Waals surface area contributed by atoms with Crippen LogP contribution in [0, 0.1) is 6.29 Å². The number of ether oxygens (including phenoxy) is 3. The maximum absolute atomic E-state index is 5.66. The molecule has 0 amide bonds. The van der Waals surface area contributed by atoms with E-state index >= 15 is 0 Å². The first-order chi connectivity index (χ1) is 9.86. The Bertz CT molecular complexity index is 309. The van der Waals surface area contributed by atoms with Gasteiger partial charge in [0.2, 0.25) is 6.29 Å². The smallest absolute Gasteiger partial charge is 0.223 e. The molecule has 0 heterocycles. The maximum atomic E-state index is 5.66. The third-order valence-electron chi connectivity index (χ3n) is 3.24. The molecular weight excluding hydrogens is 252 g/mol. The fourth-order valence-electron chi connectivity index (χ4n) is 2.07. The van der Waals surface area contributed by atoms with Gasteiger partial charge in [-0.1, -0.05) is 43.9 Å². The molecule has 20 heavy (non-hydrogen) atoms. The predicted molar refractivity (Wildman–Crippen MR) is 81.5 cm³/mol. The van der Waals surface area contributed by atoms with Crippen LogP contribution in [0.5, 0.6) is 5.75 Å². The third-order valence-corrected chi connectivity index (χ3v) is 3.24. The van der Waals surface area contributed by atoms with Gasteiger partial charge in [-0.05, 0) is 25.0 Å². The molecule has 1 rings (SSSR count). The second-order valence-electron chi connectivity index (χ2n) is 4.81. The summed E-state index contributed by atoms with van der Waals surface area (Å²) in [6.07, 6.45) is 8.92. The summed E-state index contributed by atoms with van der Waals surface area (Å²) in [6.45, 7) is 0.815. The van der Waals surface area contributed by atoms with E-state index in [1.54, 1.807) is 14.2 Å². The molecule has 113 valence electrons. The molecule has 0 atom stereocenters. The van der Waals surface area contributed by atoms with Crippen LogP contribution in [0.4, 0.5) is 0 Å². The van der Waals surface area contributed by atoms with E-state index in [0.717, 1.165) is 37.9 Å². The standard InChI is InChI=1S/C17H27O3/c1-18-17(19-2)14-10-5-3-4-6-11-15-20-16-12-8-7-9-13-16/h7-9,12-13H,3-6,10-11,14-15H2,1-2H3. The summed E-state index contributed by atoms with van der Waals surface area (Å²) in [5.41, 5.74) is 0. The molecule has 0 unspecified atom stereocenters. The summed E-state index contributed by atoms with van der Waals surface area (Å²) in [5.74, 6) is 0.967. The molecule has 0 saturated carbocycles. The molecule has 0 spiro atoms. The number of hydrogen-bond donors (Lipinski definition) is 0. The molecule has 0 aliphatic rings. The van der Waals surface area contributed by atoms with Crippen LogP contribution in [0.2, 0.25) is 0 Å². The van der Waals surface area contributed by atoms with Crippen molar-refractivity contribution in [3.8, 4) is 5.75 Å². The summed E-state index contributed by atoms with van der Waals surface area (Å²) in [6, 6.07) is 10.0. The van der Waals surface area contributed by atoms with Crippen LogP contribution < -0.4 is 4.74 Å². The maximum Gasteiger partial charge on any atom is 0.223 e. The minimum atomic E-state index is 0.737. The van der Waals surface area contributed by atoms with Gasteiger partial charge in [0.1, 0.15) is 5.75 Å². The molecule has 0 aliphatic heterocycles. The first-order valence-electron chi connectivity index (χ1n) is 7.48. The van der Waals surface area contributed by atoms with Gasteiger partial charge in [0.25, 0.3) is 0 Å². The first-order valence-corrected chi connectivity index (χ1v) is 7.48. The van der Waals surface area contributed by atoms with Crippen molar-refractivity contribution in [1.82, 2.24) is 0 Å². The highest BCUT2D eigenvalue weighted by atomic mass is 16.7. The second kappa shape index (κ2) is 11.7. The Kier molecular flexibility index (Phi) is 9.98. The first kappa shape index (κ1) is 17.0. The number of unbranched alkanes of at least 4 members (excludes halogenated alkanes) is 5. The molecule has 1 aromatic carbocycles. The van der Waals surface area contributed by atoms with Gasteiger partial charge in [-0.3, -0.25) is 0 Å². The summed E-state index contributed by atoms with van der Waals surface area (Å²) >= 11 is 0. The summed E-state index contributed by atoms with van der Waals surface area (Å²) in [4.78, 5) is 0. The molecule has 3 heteroatoms. The highest BCUT2D eigenvalue weighted by Gasteiger charge is 2.05. The van der Waals surface area contributed by atoms with Crippen LogP contribution in [0.1, 0.15) is 44.9 Å². The SMILES string of the molecule is CO[C](CCCCCCCCOc1ccccc1)OC. The van der Waals surface area contributed by atoms with Crippen molar-refractivity contribution in [1.29, 1.82) is 0 Å². The highest BCUT2D eigenvalue weighted by molar-refractivity contribution is 5.20. The zero-order valence-corrected chi connectivity index (χ0v) is 12.8. The zero-order chi connectivity index (χ0) is 14.5. The predicted octanol–water partition coefficient (Wildman–Crippen LogP) is 4.58. The number of para-hydroxylation sites is 1. The van der Waals surface area contributed by atoms with E-state index in [9.17, 15) is 0 Å². The summed E-state index contributed by atoms with van der Waals surface area (Å²) < 4.78 is 15.8. The Hall–Kier alpha value is -1.06. The Morgan fingerprint density at radius 3 is 2.05 bits per heavy atom. The van der Waals surface area contributed by atoms with E-state index in [2.05, 4.69) is 0 Å². The van der Waals surface area contributed by atoms with E-state index in [-0.39, 0.29) is 0 Å². The Balaban J connectivity index is 1.85. The molecule has 0 saturated heterocycles. The lowest BCUT2D eigenvalue weighted by atomic mass is 10.1. The van der Waals surface area contributed by atoms with Crippen molar-refractivity contribution < 1.29 is 14.2 Å². The van der Waals surface area contributed by atoms with E-state index in [4.69, 9.17) is 14.2 Å². The summed E-state index contributed by atoms with van der Waals surface area (Å²) in [5, 5.41) is 0. The van der Waals surface area contributed by atoms with Gasteiger partial charge in [0.15, 0.2) is 0 Å². The van der Waals surface area contributed by atoms with Gasteiger partial charge in [0.05, 0.1) is 6.61 Å². The van der Waals surface area contributed by atoms with Crippen LogP contribution in [-0.2, 0) is 9.47 Å². The lowest BCUT2D eigenvalue weighted by Crippen LogP contribution is -2.02. The van der Waals surface area contributed by atoms with Crippen LogP contribution >= 0.6 is 0 Å². The number of benzene rings is 1. The topological polar surface area (TPSA) is 27.7 Å². The van der Waals surface area contributed by atoms with Crippen LogP contribution in [0.15, 0.2) is 30.3 Å². The fraction of sp³-hybridized carbons (Fsp3) is 0.588. The molecule has 0 bridgehead atoms. The minimum Gasteiger partial charge on any atom is -0.494 e. The molecule has 0 aromatic heterocycles. The van der Waals surface area contributed by atoms with Gasteiger partial charge in [0, 0.05) is 20.6 Å². The van der Waals surface area contributed by atoms with Crippen molar-refractivity contribution in [3.63, 3.8) is 0 Å². The van der Waals surface area contributed by atoms with Crippen LogP contribution in [-0.4, -0.2) is 20.8 Å². The largest absolute Gasteiger partial charge is 0.494 e. The van der Waals surface area contributed by atoms with E-state index in [1.807, 2.05) is 30.3 Å². The highest BCUT2D eigenvalue weighted by Crippen LogP contribution is 2.15. The van der Waals surface area contributed by atoms with E-state index < -0.39 is 0 Å². The molecule has 1 aromatic rings. The quantitative estimate of drug-likeness (QED) is 0.524. The zero-order valence-electron chi connectivity index (χ0n) is 12.8. The number of hydrogen-bond acceptors (Lipinski definition) is 3. The molecule has 0 N–H and O–H groups in total.